The fourth-order valence-electron chi connectivity index (χ4n) is 2.81. The molecule has 3 rings (SSSR count). The van der Waals surface area contributed by atoms with E-state index in [1.165, 1.54) is 0 Å². The molecule has 26 heavy (non-hydrogen) atoms. The van der Waals surface area contributed by atoms with Gasteiger partial charge >= 0.3 is 5.97 Å². The minimum Gasteiger partial charge on any atom is -0.497 e. The Balaban J connectivity index is 1.85. The van der Waals surface area contributed by atoms with Crippen LogP contribution in [0.25, 0.3) is 0 Å². The molecule has 6 nitrogen and oxygen atoms in total. The first kappa shape index (κ1) is 18.2. The minimum atomic E-state index is -0.838. The fourth-order valence-corrected chi connectivity index (χ4v) is 2.81. The average molecular weight is 358 g/mol. The van der Waals surface area contributed by atoms with Gasteiger partial charge in [-0.05, 0) is 36.8 Å². The SMILES string of the molecule is CCOC(=O)[C@H]1O[C@H](c2ccc(OC)cc2)O[C@@H]1c1ccc(OC)cc1. The lowest BCUT2D eigenvalue weighted by atomic mass is 10.0. The van der Waals surface area contributed by atoms with Gasteiger partial charge in [-0.3, -0.25) is 0 Å². The molecule has 1 heterocycles. The van der Waals surface area contributed by atoms with E-state index in [9.17, 15) is 4.79 Å². The number of benzene rings is 2. The minimum absolute atomic E-state index is 0.279. The molecule has 0 amide bonds. The second kappa shape index (κ2) is 8.21. The van der Waals surface area contributed by atoms with Gasteiger partial charge in [-0.25, -0.2) is 4.79 Å². The molecule has 0 N–H and O–H groups in total. The van der Waals surface area contributed by atoms with Crippen molar-refractivity contribution in [1.29, 1.82) is 0 Å². The quantitative estimate of drug-likeness (QED) is 0.738. The highest BCUT2D eigenvalue weighted by Gasteiger charge is 2.43. The zero-order valence-corrected chi connectivity index (χ0v) is 15.0. The summed E-state index contributed by atoms with van der Waals surface area (Å²) in [5.74, 6) is 1.02. The van der Waals surface area contributed by atoms with Gasteiger partial charge < -0.3 is 23.7 Å². The maximum absolute atomic E-state index is 12.4. The molecule has 0 radical (unpaired) electrons. The van der Waals surface area contributed by atoms with Crippen molar-refractivity contribution in [3.63, 3.8) is 0 Å². The largest absolute Gasteiger partial charge is 0.497 e. The molecule has 0 bridgehead atoms. The van der Waals surface area contributed by atoms with Crippen LogP contribution in [0.2, 0.25) is 0 Å². The lowest BCUT2D eigenvalue weighted by Gasteiger charge is -2.16. The van der Waals surface area contributed by atoms with E-state index >= 15 is 0 Å². The number of methoxy groups -OCH3 is 2. The topological polar surface area (TPSA) is 63.2 Å². The van der Waals surface area contributed by atoms with Gasteiger partial charge in [0.15, 0.2) is 12.4 Å². The monoisotopic (exact) mass is 358 g/mol. The molecule has 138 valence electrons. The summed E-state index contributed by atoms with van der Waals surface area (Å²) in [6, 6.07) is 14.7. The Morgan fingerprint density at radius 3 is 1.92 bits per heavy atom. The maximum Gasteiger partial charge on any atom is 0.338 e. The standard InChI is InChI=1S/C20H22O6/c1-4-24-19(21)18-17(13-5-9-15(22-2)10-6-13)25-20(26-18)14-7-11-16(23-3)12-8-14/h5-12,17-18,20H,4H2,1-3H3/t17-,18+,20-/m1/s1. The number of hydrogen-bond acceptors (Lipinski definition) is 6. The third-order valence-electron chi connectivity index (χ3n) is 4.17. The molecule has 0 aromatic heterocycles. The Hall–Kier alpha value is -2.57. The Morgan fingerprint density at radius 2 is 1.42 bits per heavy atom. The van der Waals surface area contributed by atoms with Gasteiger partial charge in [0.1, 0.15) is 17.6 Å². The number of rotatable bonds is 6. The predicted molar refractivity (Wildman–Crippen MR) is 94.1 cm³/mol. The molecule has 0 aliphatic carbocycles. The molecule has 2 aromatic rings. The second-order valence-electron chi connectivity index (χ2n) is 5.74. The second-order valence-corrected chi connectivity index (χ2v) is 5.74. The Morgan fingerprint density at radius 1 is 0.885 bits per heavy atom. The van der Waals surface area contributed by atoms with Crippen LogP contribution in [0.5, 0.6) is 11.5 Å². The van der Waals surface area contributed by atoms with Crippen LogP contribution in [0.15, 0.2) is 48.5 Å². The summed E-state index contributed by atoms with van der Waals surface area (Å²) in [5.41, 5.74) is 1.62. The molecule has 0 spiro atoms. The molecule has 3 atom stereocenters. The number of carbonyl (C=O) groups is 1. The summed E-state index contributed by atoms with van der Waals surface area (Å²) in [5, 5.41) is 0. The smallest absolute Gasteiger partial charge is 0.338 e. The van der Waals surface area contributed by atoms with Crippen molar-refractivity contribution in [1.82, 2.24) is 0 Å². The van der Waals surface area contributed by atoms with Crippen LogP contribution in [0.3, 0.4) is 0 Å². The summed E-state index contributed by atoms with van der Waals surface area (Å²) in [6.45, 7) is 2.04. The summed E-state index contributed by atoms with van der Waals surface area (Å²) in [4.78, 5) is 12.4. The summed E-state index contributed by atoms with van der Waals surface area (Å²) >= 11 is 0. The van der Waals surface area contributed by atoms with Crippen molar-refractivity contribution in [2.45, 2.75) is 25.4 Å². The average Bonchev–Trinajstić information content (AvgIpc) is 3.14. The third kappa shape index (κ3) is 3.81. The van der Waals surface area contributed by atoms with Crippen LogP contribution in [-0.2, 0) is 19.0 Å². The van der Waals surface area contributed by atoms with Gasteiger partial charge in [0, 0.05) is 5.56 Å². The van der Waals surface area contributed by atoms with Crippen molar-refractivity contribution in [3.8, 4) is 11.5 Å². The predicted octanol–water partition coefficient (Wildman–Crippen LogP) is 3.42. The molecule has 1 aliphatic rings. The molecule has 2 aromatic carbocycles. The van der Waals surface area contributed by atoms with Gasteiger partial charge in [-0.2, -0.15) is 0 Å². The molecule has 0 unspecified atom stereocenters. The summed E-state index contributed by atoms with van der Waals surface area (Å²) < 4.78 is 27.4. The van der Waals surface area contributed by atoms with E-state index < -0.39 is 24.5 Å². The van der Waals surface area contributed by atoms with Gasteiger partial charge in [-0.15, -0.1) is 0 Å². The number of hydrogen-bond donors (Lipinski definition) is 0. The Labute approximate surface area is 152 Å². The first-order valence-electron chi connectivity index (χ1n) is 8.41. The molecule has 1 saturated heterocycles. The van der Waals surface area contributed by atoms with E-state index in [1.807, 2.05) is 48.5 Å². The van der Waals surface area contributed by atoms with Crippen molar-refractivity contribution in [2.24, 2.45) is 0 Å². The zero-order valence-electron chi connectivity index (χ0n) is 15.0. The number of carbonyl (C=O) groups excluding carboxylic acids is 1. The van der Waals surface area contributed by atoms with E-state index in [4.69, 9.17) is 23.7 Å². The number of esters is 1. The van der Waals surface area contributed by atoms with E-state index in [2.05, 4.69) is 0 Å². The molecular formula is C20H22O6. The van der Waals surface area contributed by atoms with Crippen LogP contribution >= 0.6 is 0 Å². The Bertz CT molecular complexity index is 725. The first-order valence-corrected chi connectivity index (χ1v) is 8.41. The van der Waals surface area contributed by atoms with Crippen LogP contribution in [0.4, 0.5) is 0 Å². The van der Waals surface area contributed by atoms with Gasteiger partial charge in [0.05, 0.1) is 20.8 Å². The molecule has 0 saturated carbocycles. The van der Waals surface area contributed by atoms with Crippen LogP contribution in [0, 0.1) is 0 Å². The molecular weight excluding hydrogens is 336 g/mol. The molecule has 1 aliphatic heterocycles. The van der Waals surface area contributed by atoms with E-state index in [0.717, 1.165) is 22.6 Å². The summed E-state index contributed by atoms with van der Waals surface area (Å²) in [7, 11) is 3.21. The molecule has 6 heteroatoms. The number of ether oxygens (including phenoxy) is 5. The van der Waals surface area contributed by atoms with Crippen LogP contribution < -0.4 is 9.47 Å². The van der Waals surface area contributed by atoms with Gasteiger partial charge in [0.25, 0.3) is 0 Å². The van der Waals surface area contributed by atoms with Crippen LogP contribution in [0.1, 0.15) is 30.4 Å². The van der Waals surface area contributed by atoms with Gasteiger partial charge in [-0.1, -0.05) is 24.3 Å². The zero-order chi connectivity index (χ0) is 18.5. The van der Waals surface area contributed by atoms with E-state index in [1.54, 1.807) is 21.1 Å². The first-order chi connectivity index (χ1) is 12.7. The van der Waals surface area contributed by atoms with E-state index in [-0.39, 0.29) is 6.61 Å². The van der Waals surface area contributed by atoms with Crippen molar-refractivity contribution < 1.29 is 28.5 Å². The highest BCUT2D eigenvalue weighted by molar-refractivity contribution is 5.76. The highest BCUT2D eigenvalue weighted by atomic mass is 16.7. The van der Waals surface area contributed by atoms with Crippen molar-refractivity contribution in [2.75, 3.05) is 20.8 Å². The lowest BCUT2D eigenvalue weighted by Crippen LogP contribution is -2.28. The van der Waals surface area contributed by atoms with Crippen molar-refractivity contribution in [3.05, 3.63) is 59.7 Å². The lowest BCUT2D eigenvalue weighted by molar-refractivity contribution is -0.157. The summed E-state index contributed by atoms with van der Waals surface area (Å²) in [6.07, 6.45) is -2.06. The normalized spacial score (nSPS) is 22.0. The van der Waals surface area contributed by atoms with Gasteiger partial charge in [0.2, 0.25) is 0 Å². The maximum atomic E-state index is 12.4. The van der Waals surface area contributed by atoms with Crippen LogP contribution in [-0.4, -0.2) is 32.9 Å². The highest BCUT2D eigenvalue weighted by Crippen LogP contribution is 2.41. The van der Waals surface area contributed by atoms with Crippen molar-refractivity contribution >= 4 is 5.97 Å². The van der Waals surface area contributed by atoms with E-state index in [0.29, 0.717) is 0 Å². The third-order valence-corrected chi connectivity index (χ3v) is 4.17. The Kier molecular flexibility index (Phi) is 5.75. The fraction of sp³-hybridized carbons (Fsp3) is 0.350. The molecule has 1 fully saturated rings.